The summed E-state index contributed by atoms with van der Waals surface area (Å²) >= 11 is 0. The van der Waals surface area contributed by atoms with Gasteiger partial charge in [-0.2, -0.15) is 0 Å². The van der Waals surface area contributed by atoms with E-state index < -0.39 is 0 Å². The average Bonchev–Trinajstić information content (AvgIpc) is 3.02. The zero-order valence-corrected chi connectivity index (χ0v) is 24.0. The second-order valence-corrected chi connectivity index (χ2v) is 10.8. The molecule has 0 bridgehead atoms. The molecule has 1 fully saturated rings. The van der Waals surface area contributed by atoms with Gasteiger partial charge in [0.1, 0.15) is 5.78 Å². The van der Waals surface area contributed by atoms with Gasteiger partial charge < -0.3 is 9.47 Å². The first-order valence-corrected chi connectivity index (χ1v) is 14.7. The summed E-state index contributed by atoms with van der Waals surface area (Å²) in [5, 5.41) is 0. The number of ether oxygens (including phenoxy) is 2. The molecule has 6 nitrogen and oxygen atoms in total. The quantitative estimate of drug-likeness (QED) is 0.198. The highest BCUT2D eigenvalue weighted by Gasteiger charge is 2.17. The van der Waals surface area contributed by atoms with E-state index >= 15 is 0 Å². The number of benzene rings is 3. The van der Waals surface area contributed by atoms with Crippen molar-refractivity contribution in [3.63, 3.8) is 0 Å². The number of ketones is 2. The van der Waals surface area contributed by atoms with Crippen LogP contribution < -0.4 is 0 Å². The highest BCUT2D eigenvalue weighted by atomic mass is 16.5. The van der Waals surface area contributed by atoms with E-state index in [2.05, 4.69) is 34.1 Å². The maximum Gasteiger partial charge on any atom is 0.151 e. The molecule has 0 radical (unpaired) electrons. The molecule has 4 aromatic rings. The topological polar surface area (TPSA) is 68.7 Å². The number of morpholine rings is 1. The van der Waals surface area contributed by atoms with Crippen LogP contribution in [0, 0.1) is 0 Å². The van der Waals surface area contributed by atoms with Crippen molar-refractivity contribution in [3.8, 4) is 11.1 Å². The molecule has 3 aromatic carbocycles. The molecule has 1 aromatic heterocycles. The normalized spacial score (nSPS) is 13.6. The SMILES string of the molecule is O=C(CCc1cccnc1)Cc1ccc(COCc2ccccc2-c2ccccc2CC(=O)CN2CCOCC2)cc1. The van der Waals surface area contributed by atoms with E-state index in [4.69, 9.17) is 9.47 Å². The lowest BCUT2D eigenvalue weighted by Crippen LogP contribution is -2.39. The predicted molar refractivity (Wildman–Crippen MR) is 164 cm³/mol. The molecule has 42 heavy (non-hydrogen) atoms. The maximum atomic E-state index is 12.9. The Labute approximate surface area is 248 Å². The summed E-state index contributed by atoms with van der Waals surface area (Å²) in [5.41, 5.74) is 7.45. The van der Waals surface area contributed by atoms with E-state index in [0.717, 1.165) is 58.5 Å². The lowest BCUT2D eigenvalue weighted by atomic mass is 9.93. The molecule has 0 unspecified atom stereocenters. The molecular weight excluding hydrogens is 524 g/mol. The minimum Gasteiger partial charge on any atom is -0.379 e. The number of hydrogen-bond donors (Lipinski definition) is 0. The highest BCUT2D eigenvalue weighted by molar-refractivity contribution is 5.85. The van der Waals surface area contributed by atoms with Crippen molar-refractivity contribution in [1.29, 1.82) is 0 Å². The summed E-state index contributed by atoms with van der Waals surface area (Å²) in [6, 6.07) is 28.4. The Bertz CT molecular complexity index is 1450. The van der Waals surface area contributed by atoms with E-state index in [0.29, 0.717) is 52.2 Å². The van der Waals surface area contributed by atoms with E-state index in [1.807, 2.05) is 66.9 Å². The molecule has 6 heteroatoms. The third-order valence-electron chi connectivity index (χ3n) is 7.58. The third-order valence-corrected chi connectivity index (χ3v) is 7.58. The van der Waals surface area contributed by atoms with Crippen molar-refractivity contribution in [2.24, 2.45) is 0 Å². The van der Waals surface area contributed by atoms with Crippen LogP contribution in [0.15, 0.2) is 97.3 Å². The Hall–Kier alpha value is -3.97. The molecule has 0 saturated carbocycles. The average molecular weight is 563 g/mol. The van der Waals surface area contributed by atoms with Crippen LogP contribution in [0.3, 0.4) is 0 Å². The van der Waals surface area contributed by atoms with Gasteiger partial charge in [-0.05, 0) is 51.4 Å². The van der Waals surface area contributed by atoms with Gasteiger partial charge in [-0.3, -0.25) is 19.5 Å². The van der Waals surface area contributed by atoms with Crippen molar-refractivity contribution >= 4 is 11.6 Å². The van der Waals surface area contributed by atoms with E-state index in [1.165, 1.54) is 0 Å². The molecule has 0 N–H and O–H groups in total. The third kappa shape index (κ3) is 8.76. The summed E-state index contributed by atoms with van der Waals surface area (Å²) in [7, 11) is 0. The second-order valence-electron chi connectivity index (χ2n) is 10.8. The molecule has 0 aliphatic carbocycles. The van der Waals surface area contributed by atoms with E-state index in [1.54, 1.807) is 6.20 Å². The van der Waals surface area contributed by atoms with Gasteiger partial charge >= 0.3 is 0 Å². The van der Waals surface area contributed by atoms with Crippen molar-refractivity contribution in [1.82, 2.24) is 9.88 Å². The van der Waals surface area contributed by atoms with Gasteiger partial charge in [-0.25, -0.2) is 0 Å². The number of aromatic nitrogens is 1. The van der Waals surface area contributed by atoms with Crippen LogP contribution in [0.1, 0.15) is 34.2 Å². The van der Waals surface area contributed by atoms with Crippen LogP contribution in [0.25, 0.3) is 11.1 Å². The molecule has 2 heterocycles. The van der Waals surface area contributed by atoms with Gasteiger partial charge in [0.25, 0.3) is 0 Å². The monoisotopic (exact) mass is 562 g/mol. The molecule has 1 aliphatic rings. The second kappa shape index (κ2) is 15.3. The van der Waals surface area contributed by atoms with Crippen LogP contribution in [0.2, 0.25) is 0 Å². The Morgan fingerprint density at radius 2 is 1.40 bits per heavy atom. The van der Waals surface area contributed by atoms with Crippen LogP contribution >= 0.6 is 0 Å². The minimum absolute atomic E-state index is 0.219. The fourth-order valence-electron chi connectivity index (χ4n) is 5.30. The first-order chi connectivity index (χ1) is 20.6. The number of carbonyl (C=O) groups excluding carboxylic acids is 2. The van der Waals surface area contributed by atoms with Crippen LogP contribution in [-0.4, -0.2) is 54.3 Å². The Balaban J connectivity index is 1.14. The lowest BCUT2D eigenvalue weighted by Gasteiger charge is -2.25. The molecular formula is C36H38N2O4. The molecule has 1 saturated heterocycles. The Kier molecular flexibility index (Phi) is 10.8. The first-order valence-electron chi connectivity index (χ1n) is 14.7. The van der Waals surface area contributed by atoms with Gasteiger partial charge in [0.2, 0.25) is 0 Å². The zero-order valence-electron chi connectivity index (χ0n) is 24.0. The Morgan fingerprint density at radius 3 is 2.14 bits per heavy atom. The highest BCUT2D eigenvalue weighted by Crippen LogP contribution is 2.28. The predicted octanol–water partition coefficient (Wildman–Crippen LogP) is 5.65. The fraction of sp³-hybridized carbons (Fsp3) is 0.306. The molecule has 5 rings (SSSR count). The van der Waals surface area contributed by atoms with Gasteiger partial charge in [-0.15, -0.1) is 0 Å². The number of carbonyl (C=O) groups is 2. The van der Waals surface area contributed by atoms with Crippen molar-refractivity contribution < 1.29 is 19.1 Å². The number of nitrogens with zero attached hydrogens (tertiary/aromatic N) is 2. The van der Waals surface area contributed by atoms with Gasteiger partial charge in [0.15, 0.2) is 5.78 Å². The van der Waals surface area contributed by atoms with Crippen LogP contribution in [0.5, 0.6) is 0 Å². The smallest absolute Gasteiger partial charge is 0.151 e. The summed E-state index contributed by atoms with van der Waals surface area (Å²) in [6.45, 7) is 4.39. The lowest BCUT2D eigenvalue weighted by molar-refractivity contribution is -0.120. The fourth-order valence-corrected chi connectivity index (χ4v) is 5.30. The van der Waals surface area contributed by atoms with Crippen molar-refractivity contribution in [2.75, 3.05) is 32.8 Å². The number of hydrogen-bond acceptors (Lipinski definition) is 6. The standard InChI is InChI=1S/C36H38N2O4/c39-33(16-15-29-6-5-17-37-24-29)22-28-11-13-30(14-12-28)26-42-27-32-8-2-4-10-36(32)35-9-3-1-7-31(35)23-34(40)25-38-18-20-41-21-19-38/h1-14,17,24H,15-16,18-23,25-27H2. The molecule has 0 spiro atoms. The largest absolute Gasteiger partial charge is 0.379 e. The Morgan fingerprint density at radius 1 is 0.714 bits per heavy atom. The molecule has 0 atom stereocenters. The minimum atomic E-state index is 0.219. The zero-order chi connectivity index (χ0) is 29.0. The maximum absolute atomic E-state index is 12.9. The molecule has 0 amide bonds. The summed E-state index contributed by atoms with van der Waals surface area (Å²) in [5.74, 6) is 0.444. The van der Waals surface area contributed by atoms with Crippen LogP contribution in [0.4, 0.5) is 0 Å². The number of aryl methyl sites for hydroxylation is 1. The summed E-state index contributed by atoms with van der Waals surface area (Å²) < 4.78 is 11.6. The van der Waals surface area contributed by atoms with Crippen molar-refractivity contribution in [3.05, 3.63) is 125 Å². The summed E-state index contributed by atoms with van der Waals surface area (Å²) in [4.78, 5) is 31.7. The number of pyridine rings is 1. The number of rotatable bonds is 14. The van der Waals surface area contributed by atoms with E-state index in [-0.39, 0.29) is 11.6 Å². The molecule has 1 aliphatic heterocycles. The van der Waals surface area contributed by atoms with Crippen molar-refractivity contribution in [2.45, 2.75) is 38.9 Å². The van der Waals surface area contributed by atoms with Gasteiger partial charge in [0.05, 0.1) is 33.0 Å². The van der Waals surface area contributed by atoms with Crippen LogP contribution in [-0.2, 0) is 51.5 Å². The number of Topliss-reactive ketones (excluding diaryl/α,β-unsaturated/α-hetero) is 2. The van der Waals surface area contributed by atoms with Gasteiger partial charge in [0, 0.05) is 44.7 Å². The van der Waals surface area contributed by atoms with E-state index in [9.17, 15) is 9.59 Å². The summed E-state index contributed by atoms with van der Waals surface area (Å²) in [6.07, 6.45) is 5.63. The van der Waals surface area contributed by atoms with Gasteiger partial charge in [-0.1, -0.05) is 78.9 Å². The first kappa shape index (κ1) is 29.5. The molecule has 216 valence electrons.